The number of nitrogens with two attached hydrogens (primary N) is 1. The van der Waals surface area contributed by atoms with Gasteiger partial charge >= 0.3 is 0 Å². The van der Waals surface area contributed by atoms with Gasteiger partial charge in [0.2, 0.25) is 0 Å². The molecule has 1 aromatic carbocycles. The maximum absolute atomic E-state index is 5.73. The Morgan fingerprint density at radius 3 is 2.55 bits per heavy atom. The number of hydrogen-bond acceptors (Lipinski definition) is 2. The monoisotopic (exact) mass is 167 g/mol. The number of rotatable bonds is 1. The Kier molecular flexibility index (Phi) is 2.58. The second kappa shape index (κ2) is 3.28. The van der Waals surface area contributed by atoms with Crippen LogP contribution in [0, 0.1) is 6.92 Å². The number of thiol groups is 1. The van der Waals surface area contributed by atoms with Crippen LogP contribution in [0.3, 0.4) is 0 Å². The molecule has 60 valence electrons. The normalized spacial score (nSPS) is 13.1. The molecule has 0 fully saturated rings. The first-order valence-corrected chi connectivity index (χ1v) is 4.11. The van der Waals surface area contributed by atoms with Gasteiger partial charge in [-0.2, -0.15) is 0 Å². The van der Waals surface area contributed by atoms with Crippen molar-refractivity contribution in [3.05, 3.63) is 29.3 Å². The minimum Gasteiger partial charge on any atom is -0.324 e. The second-order valence-electron chi connectivity index (χ2n) is 2.80. The van der Waals surface area contributed by atoms with Gasteiger partial charge < -0.3 is 5.73 Å². The van der Waals surface area contributed by atoms with Crippen LogP contribution in [0.4, 0.5) is 0 Å². The summed E-state index contributed by atoms with van der Waals surface area (Å²) in [6, 6.07) is 6.13. The first-order valence-electron chi connectivity index (χ1n) is 3.67. The Bertz CT molecular complexity index is 256. The van der Waals surface area contributed by atoms with Gasteiger partial charge in [0.1, 0.15) is 0 Å². The van der Waals surface area contributed by atoms with E-state index in [1.807, 2.05) is 32.0 Å². The SMILES string of the molecule is Cc1cccc(C(C)N)c1S. The molecule has 0 saturated heterocycles. The van der Waals surface area contributed by atoms with Crippen LogP contribution >= 0.6 is 12.6 Å². The lowest BCUT2D eigenvalue weighted by Gasteiger charge is -2.10. The van der Waals surface area contributed by atoms with Gasteiger partial charge in [-0.3, -0.25) is 0 Å². The summed E-state index contributed by atoms with van der Waals surface area (Å²) >= 11 is 4.37. The fourth-order valence-corrected chi connectivity index (χ4v) is 1.40. The van der Waals surface area contributed by atoms with E-state index in [0.29, 0.717) is 0 Å². The Balaban J connectivity index is 3.17. The minimum absolute atomic E-state index is 0.0717. The molecule has 0 aliphatic heterocycles. The maximum atomic E-state index is 5.73. The van der Waals surface area contributed by atoms with E-state index in [9.17, 15) is 0 Å². The summed E-state index contributed by atoms with van der Waals surface area (Å²) in [6.07, 6.45) is 0. The Morgan fingerprint density at radius 1 is 1.45 bits per heavy atom. The molecular formula is C9H13NS. The molecule has 0 bridgehead atoms. The van der Waals surface area contributed by atoms with E-state index < -0.39 is 0 Å². The largest absolute Gasteiger partial charge is 0.324 e. The Hall–Kier alpha value is -0.470. The lowest BCUT2D eigenvalue weighted by atomic mass is 10.1. The van der Waals surface area contributed by atoms with Gasteiger partial charge in [0.15, 0.2) is 0 Å². The van der Waals surface area contributed by atoms with E-state index in [1.165, 1.54) is 5.56 Å². The highest BCUT2D eigenvalue weighted by molar-refractivity contribution is 7.80. The summed E-state index contributed by atoms with van der Waals surface area (Å²) < 4.78 is 0. The molecule has 1 aromatic rings. The highest BCUT2D eigenvalue weighted by atomic mass is 32.1. The molecule has 0 radical (unpaired) electrons. The van der Waals surface area contributed by atoms with Gasteiger partial charge in [0.25, 0.3) is 0 Å². The van der Waals surface area contributed by atoms with Crippen molar-refractivity contribution in [3.8, 4) is 0 Å². The predicted octanol–water partition coefficient (Wildman–Crippen LogP) is 2.30. The molecule has 0 aromatic heterocycles. The molecule has 1 nitrogen and oxygen atoms in total. The summed E-state index contributed by atoms with van der Waals surface area (Å²) in [6.45, 7) is 4.00. The third kappa shape index (κ3) is 1.76. The molecular weight excluding hydrogens is 154 g/mol. The molecule has 1 rings (SSSR count). The van der Waals surface area contributed by atoms with Gasteiger partial charge in [-0.15, -0.1) is 12.6 Å². The van der Waals surface area contributed by atoms with Crippen LogP contribution in [0.5, 0.6) is 0 Å². The lowest BCUT2D eigenvalue weighted by Crippen LogP contribution is -2.06. The fourth-order valence-electron chi connectivity index (χ4n) is 1.05. The topological polar surface area (TPSA) is 26.0 Å². The summed E-state index contributed by atoms with van der Waals surface area (Å²) in [5.41, 5.74) is 8.04. The van der Waals surface area contributed by atoms with Crippen molar-refractivity contribution in [1.29, 1.82) is 0 Å². The summed E-state index contributed by atoms with van der Waals surface area (Å²) in [5.74, 6) is 0. The van der Waals surface area contributed by atoms with E-state index in [2.05, 4.69) is 12.6 Å². The van der Waals surface area contributed by atoms with Crippen molar-refractivity contribution in [3.63, 3.8) is 0 Å². The minimum atomic E-state index is 0.0717. The first kappa shape index (κ1) is 8.62. The third-order valence-corrected chi connectivity index (χ3v) is 2.37. The van der Waals surface area contributed by atoms with E-state index in [0.717, 1.165) is 10.5 Å². The molecule has 0 aliphatic rings. The number of aryl methyl sites for hydroxylation is 1. The molecule has 0 spiro atoms. The predicted molar refractivity (Wildman–Crippen MR) is 51.0 cm³/mol. The van der Waals surface area contributed by atoms with E-state index in [4.69, 9.17) is 5.73 Å². The molecule has 0 heterocycles. The first-order chi connectivity index (χ1) is 5.13. The zero-order valence-electron chi connectivity index (χ0n) is 6.83. The van der Waals surface area contributed by atoms with Crippen LogP contribution in [0.1, 0.15) is 24.1 Å². The van der Waals surface area contributed by atoms with Crippen LogP contribution in [-0.4, -0.2) is 0 Å². The van der Waals surface area contributed by atoms with Gasteiger partial charge in [-0.05, 0) is 25.0 Å². The average molecular weight is 167 g/mol. The number of benzene rings is 1. The van der Waals surface area contributed by atoms with Crippen molar-refractivity contribution >= 4 is 12.6 Å². The molecule has 0 aliphatic carbocycles. The van der Waals surface area contributed by atoms with Crippen molar-refractivity contribution in [2.75, 3.05) is 0 Å². The van der Waals surface area contributed by atoms with Crippen molar-refractivity contribution < 1.29 is 0 Å². The standard InChI is InChI=1S/C9H13NS/c1-6-4-3-5-8(7(2)10)9(6)11/h3-5,7,11H,10H2,1-2H3. The zero-order chi connectivity index (χ0) is 8.43. The van der Waals surface area contributed by atoms with Crippen LogP contribution in [0.2, 0.25) is 0 Å². The van der Waals surface area contributed by atoms with Gasteiger partial charge in [-0.25, -0.2) is 0 Å². The highest BCUT2D eigenvalue weighted by Crippen LogP contribution is 2.22. The molecule has 11 heavy (non-hydrogen) atoms. The molecule has 1 unspecified atom stereocenters. The van der Waals surface area contributed by atoms with Gasteiger partial charge in [-0.1, -0.05) is 18.2 Å². The molecule has 2 heteroatoms. The third-order valence-electron chi connectivity index (χ3n) is 1.76. The average Bonchev–Trinajstić information content (AvgIpc) is 1.94. The van der Waals surface area contributed by atoms with E-state index >= 15 is 0 Å². The molecule has 0 saturated carbocycles. The van der Waals surface area contributed by atoms with E-state index in [1.54, 1.807) is 0 Å². The smallest absolute Gasteiger partial charge is 0.0277 e. The fraction of sp³-hybridized carbons (Fsp3) is 0.333. The number of hydrogen-bond donors (Lipinski definition) is 2. The quantitative estimate of drug-likeness (QED) is 0.617. The van der Waals surface area contributed by atoms with Gasteiger partial charge in [0, 0.05) is 10.9 Å². The molecule has 1 atom stereocenters. The lowest BCUT2D eigenvalue weighted by molar-refractivity contribution is 0.795. The van der Waals surface area contributed by atoms with Crippen LogP contribution in [0.25, 0.3) is 0 Å². The van der Waals surface area contributed by atoms with Gasteiger partial charge in [0.05, 0.1) is 0 Å². The highest BCUT2D eigenvalue weighted by Gasteiger charge is 2.04. The summed E-state index contributed by atoms with van der Waals surface area (Å²) in [7, 11) is 0. The van der Waals surface area contributed by atoms with Crippen molar-refractivity contribution in [2.24, 2.45) is 5.73 Å². The summed E-state index contributed by atoms with van der Waals surface area (Å²) in [4.78, 5) is 1.02. The Morgan fingerprint density at radius 2 is 2.09 bits per heavy atom. The molecule has 2 N–H and O–H groups in total. The molecule has 0 amide bonds. The Labute approximate surface area is 73.0 Å². The zero-order valence-corrected chi connectivity index (χ0v) is 7.73. The van der Waals surface area contributed by atoms with Crippen LogP contribution < -0.4 is 5.73 Å². The second-order valence-corrected chi connectivity index (χ2v) is 3.25. The van der Waals surface area contributed by atoms with Crippen molar-refractivity contribution in [1.82, 2.24) is 0 Å². The summed E-state index contributed by atoms with van der Waals surface area (Å²) in [5, 5.41) is 0. The van der Waals surface area contributed by atoms with E-state index in [-0.39, 0.29) is 6.04 Å². The van der Waals surface area contributed by atoms with Crippen molar-refractivity contribution in [2.45, 2.75) is 24.8 Å². The maximum Gasteiger partial charge on any atom is 0.0277 e. The van der Waals surface area contributed by atoms with Crippen LogP contribution in [-0.2, 0) is 0 Å². The van der Waals surface area contributed by atoms with Crippen LogP contribution in [0.15, 0.2) is 23.1 Å².